The van der Waals surface area contributed by atoms with Gasteiger partial charge in [-0.3, -0.25) is 0 Å². The molecule has 0 amide bonds. The Morgan fingerprint density at radius 2 is 1.81 bits per heavy atom. The monoisotopic (exact) mass is 221 g/mol. The summed E-state index contributed by atoms with van der Waals surface area (Å²) in [6.45, 7) is 6.50. The van der Waals surface area contributed by atoms with Gasteiger partial charge >= 0.3 is 0 Å². The van der Waals surface area contributed by atoms with Crippen LogP contribution in [0.5, 0.6) is 0 Å². The maximum absolute atomic E-state index is 9.64. The number of hydrogen-bond donors (Lipinski definition) is 2. The van der Waals surface area contributed by atoms with Crippen molar-refractivity contribution in [2.75, 3.05) is 6.54 Å². The summed E-state index contributed by atoms with van der Waals surface area (Å²) in [5, 5.41) is 9.64. The van der Waals surface area contributed by atoms with Crippen molar-refractivity contribution in [1.29, 1.82) is 0 Å². The first-order chi connectivity index (χ1) is 7.42. The quantitative estimate of drug-likeness (QED) is 0.802. The van der Waals surface area contributed by atoms with Gasteiger partial charge < -0.3 is 10.8 Å². The SMILES string of the molecule is CC(CN)c1ccc(CCC(C)(C)O)cc1. The van der Waals surface area contributed by atoms with Crippen LogP contribution in [0.2, 0.25) is 0 Å². The Balaban J connectivity index is 2.58. The van der Waals surface area contributed by atoms with Crippen molar-refractivity contribution >= 4 is 0 Å². The minimum Gasteiger partial charge on any atom is -0.390 e. The number of benzene rings is 1. The van der Waals surface area contributed by atoms with Gasteiger partial charge in [-0.25, -0.2) is 0 Å². The lowest BCUT2D eigenvalue weighted by atomic mass is 9.96. The summed E-state index contributed by atoms with van der Waals surface area (Å²) in [5.74, 6) is 0.420. The van der Waals surface area contributed by atoms with E-state index in [9.17, 15) is 5.11 Å². The van der Waals surface area contributed by atoms with Crippen LogP contribution in [0.1, 0.15) is 44.2 Å². The molecule has 0 radical (unpaired) electrons. The second-order valence-corrected chi connectivity index (χ2v) is 5.19. The Bertz CT molecular complexity index is 311. The molecular formula is C14H23NO. The van der Waals surface area contributed by atoms with E-state index in [1.165, 1.54) is 11.1 Å². The number of aliphatic hydroxyl groups is 1. The van der Waals surface area contributed by atoms with Crippen molar-refractivity contribution in [3.05, 3.63) is 35.4 Å². The molecule has 1 unspecified atom stereocenters. The van der Waals surface area contributed by atoms with Gasteiger partial charge in [0.2, 0.25) is 0 Å². The fourth-order valence-electron chi connectivity index (χ4n) is 1.60. The summed E-state index contributed by atoms with van der Waals surface area (Å²) in [5.41, 5.74) is 7.60. The minimum absolute atomic E-state index is 0.420. The highest BCUT2D eigenvalue weighted by molar-refractivity contribution is 5.25. The van der Waals surface area contributed by atoms with E-state index in [0.29, 0.717) is 12.5 Å². The van der Waals surface area contributed by atoms with Gasteiger partial charge in [0.25, 0.3) is 0 Å². The van der Waals surface area contributed by atoms with Gasteiger partial charge in [0.1, 0.15) is 0 Å². The van der Waals surface area contributed by atoms with Crippen molar-refractivity contribution in [1.82, 2.24) is 0 Å². The molecule has 0 fully saturated rings. The molecule has 0 saturated heterocycles. The molecule has 1 rings (SSSR count). The first-order valence-electron chi connectivity index (χ1n) is 5.93. The molecule has 16 heavy (non-hydrogen) atoms. The van der Waals surface area contributed by atoms with Gasteiger partial charge in [-0.2, -0.15) is 0 Å². The van der Waals surface area contributed by atoms with E-state index in [0.717, 1.165) is 12.8 Å². The van der Waals surface area contributed by atoms with Crippen LogP contribution in [0, 0.1) is 0 Å². The van der Waals surface area contributed by atoms with E-state index in [-0.39, 0.29) is 0 Å². The molecule has 0 aliphatic heterocycles. The molecule has 1 atom stereocenters. The molecule has 0 aliphatic rings. The number of rotatable bonds is 5. The Morgan fingerprint density at radius 1 is 1.25 bits per heavy atom. The molecule has 1 aromatic carbocycles. The van der Waals surface area contributed by atoms with E-state index in [1.807, 2.05) is 13.8 Å². The third kappa shape index (κ3) is 4.33. The van der Waals surface area contributed by atoms with Gasteiger partial charge in [0.15, 0.2) is 0 Å². The summed E-state index contributed by atoms with van der Waals surface area (Å²) >= 11 is 0. The first kappa shape index (κ1) is 13.2. The van der Waals surface area contributed by atoms with E-state index in [1.54, 1.807) is 0 Å². The lowest BCUT2D eigenvalue weighted by molar-refractivity contribution is 0.0714. The fourth-order valence-corrected chi connectivity index (χ4v) is 1.60. The number of nitrogens with two attached hydrogens (primary N) is 1. The maximum atomic E-state index is 9.64. The Hall–Kier alpha value is -0.860. The molecule has 2 heteroatoms. The third-order valence-electron chi connectivity index (χ3n) is 2.93. The lowest BCUT2D eigenvalue weighted by Crippen LogP contribution is -2.19. The number of hydrogen-bond acceptors (Lipinski definition) is 2. The van der Waals surface area contributed by atoms with E-state index >= 15 is 0 Å². The van der Waals surface area contributed by atoms with Gasteiger partial charge in [-0.1, -0.05) is 31.2 Å². The standard InChI is InChI=1S/C14H23NO/c1-11(10-15)13-6-4-12(5-7-13)8-9-14(2,3)16/h4-7,11,16H,8-10,15H2,1-3H3. The van der Waals surface area contributed by atoms with Crippen molar-refractivity contribution in [2.24, 2.45) is 5.73 Å². The Labute approximate surface area is 98.5 Å². The Morgan fingerprint density at radius 3 is 2.25 bits per heavy atom. The van der Waals surface area contributed by atoms with Crippen LogP contribution in [0.15, 0.2) is 24.3 Å². The lowest BCUT2D eigenvalue weighted by Gasteiger charge is -2.17. The fraction of sp³-hybridized carbons (Fsp3) is 0.571. The molecule has 0 saturated carbocycles. The average molecular weight is 221 g/mol. The van der Waals surface area contributed by atoms with Crippen LogP contribution in [0.3, 0.4) is 0 Å². The van der Waals surface area contributed by atoms with Crippen LogP contribution in [-0.2, 0) is 6.42 Å². The summed E-state index contributed by atoms with van der Waals surface area (Å²) in [6, 6.07) is 8.54. The second kappa shape index (κ2) is 5.46. The van der Waals surface area contributed by atoms with E-state index in [4.69, 9.17) is 5.73 Å². The Kier molecular flexibility index (Phi) is 4.51. The summed E-state index contributed by atoms with van der Waals surface area (Å²) in [7, 11) is 0. The second-order valence-electron chi connectivity index (χ2n) is 5.19. The molecule has 0 aromatic heterocycles. The highest BCUT2D eigenvalue weighted by Gasteiger charge is 2.12. The van der Waals surface area contributed by atoms with E-state index < -0.39 is 5.60 Å². The predicted molar refractivity (Wildman–Crippen MR) is 68.5 cm³/mol. The summed E-state index contributed by atoms with van der Waals surface area (Å²) < 4.78 is 0. The van der Waals surface area contributed by atoms with Crippen LogP contribution < -0.4 is 5.73 Å². The van der Waals surface area contributed by atoms with Crippen LogP contribution in [0.4, 0.5) is 0 Å². The summed E-state index contributed by atoms with van der Waals surface area (Å²) in [6.07, 6.45) is 1.71. The molecule has 2 nitrogen and oxygen atoms in total. The third-order valence-corrected chi connectivity index (χ3v) is 2.93. The molecule has 3 N–H and O–H groups in total. The smallest absolute Gasteiger partial charge is 0.0594 e. The highest BCUT2D eigenvalue weighted by atomic mass is 16.3. The highest BCUT2D eigenvalue weighted by Crippen LogP contribution is 2.17. The summed E-state index contributed by atoms with van der Waals surface area (Å²) in [4.78, 5) is 0. The van der Waals surface area contributed by atoms with Gasteiger partial charge in [-0.05, 0) is 50.3 Å². The molecule has 0 heterocycles. The van der Waals surface area contributed by atoms with Gasteiger partial charge in [-0.15, -0.1) is 0 Å². The minimum atomic E-state index is -0.580. The molecular weight excluding hydrogens is 198 g/mol. The maximum Gasteiger partial charge on any atom is 0.0594 e. The molecule has 0 bridgehead atoms. The van der Waals surface area contributed by atoms with Crippen molar-refractivity contribution in [3.63, 3.8) is 0 Å². The topological polar surface area (TPSA) is 46.2 Å². The largest absolute Gasteiger partial charge is 0.390 e. The van der Waals surface area contributed by atoms with Crippen molar-refractivity contribution in [2.45, 2.75) is 45.1 Å². The molecule has 0 aliphatic carbocycles. The molecule has 1 aromatic rings. The predicted octanol–water partition coefficient (Wildman–Crippen LogP) is 2.45. The first-order valence-corrected chi connectivity index (χ1v) is 5.93. The van der Waals surface area contributed by atoms with Crippen molar-refractivity contribution < 1.29 is 5.11 Å². The zero-order valence-corrected chi connectivity index (χ0v) is 10.5. The zero-order valence-electron chi connectivity index (χ0n) is 10.5. The normalized spacial score (nSPS) is 13.8. The van der Waals surface area contributed by atoms with Crippen molar-refractivity contribution in [3.8, 4) is 0 Å². The van der Waals surface area contributed by atoms with Gasteiger partial charge in [0, 0.05) is 0 Å². The molecule has 0 spiro atoms. The zero-order chi connectivity index (χ0) is 12.2. The van der Waals surface area contributed by atoms with Crippen LogP contribution in [-0.4, -0.2) is 17.3 Å². The number of aryl methyl sites for hydroxylation is 1. The molecule has 90 valence electrons. The van der Waals surface area contributed by atoms with Gasteiger partial charge in [0.05, 0.1) is 5.60 Å². The average Bonchev–Trinajstić information content (AvgIpc) is 2.25. The van der Waals surface area contributed by atoms with E-state index in [2.05, 4.69) is 31.2 Å². The van der Waals surface area contributed by atoms with Crippen LogP contribution >= 0.6 is 0 Å². The van der Waals surface area contributed by atoms with Crippen LogP contribution in [0.25, 0.3) is 0 Å².